The fourth-order valence-electron chi connectivity index (χ4n) is 4.12. The van der Waals surface area contributed by atoms with Gasteiger partial charge in [-0.15, -0.1) is 0 Å². The Hall–Kier alpha value is -0.0400. The van der Waals surface area contributed by atoms with Gasteiger partial charge in [-0.2, -0.15) is 0 Å². The molecule has 0 saturated heterocycles. The van der Waals surface area contributed by atoms with Crippen LogP contribution in [0.3, 0.4) is 0 Å². The van der Waals surface area contributed by atoms with E-state index in [1.165, 1.54) is 57.8 Å². The summed E-state index contributed by atoms with van der Waals surface area (Å²) in [4.78, 5) is 0. The normalized spacial score (nSPS) is 35.6. The van der Waals surface area contributed by atoms with Crippen molar-refractivity contribution >= 4 is 0 Å². The zero-order valence-corrected chi connectivity index (χ0v) is 10.9. The Kier molecular flexibility index (Phi) is 4.29. The molecule has 2 unspecified atom stereocenters. The molecule has 1 N–H and O–H groups in total. The lowest BCUT2D eigenvalue weighted by Crippen LogP contribution is -2.43. The van der Waals surface area contributed by atoms with E-state index in [1.807, 2.05) is 0 Å². The first-order valence-electron chi connectivity index (χ1n) is 7.48. The minimum atomic E-state index is -0.294. The van der Waals surface area contributed by atoms with Crippen LogP contribution >= 0.6 is 0 Å². The van der Waals surface area contributed by atoms with Crippen LogP contribution in [0.2, 0.25) is 0 Å². The highest BCUT2D eigenvalue weighted by Crippen LogP contribution is 2.44. The third kappa shape index (κ3) is 2.61. The van der Waals surface area contributed by atoms with Crippen molar-refractivity contribution < 1.29 is 5.11 Å². The van der Waals surface area contributed by atoms with Gasteiger partial charge in [0.15, 0.2) is 0 Å². The molecule has 0 aromatic heterocycles. The van der Waals surface area contributed by atoms with Gasteiger partial charge in [0.05, 0.1) is 5.60 Å². The smallest absolute Gasteiger partial charge is 0.0678 e. The van der Waals surface area contributed by atoms with Gasteiger partial charge in [0.1, 0.15) is 0 Å². The zero-order chi connectivity index (χ0) is 11.4. The summed E-state index contributed by atoms with van der Waals surface area (Å²) >= 11 is 0. The fraction of sp³-hybridized carbons (Fsp3) is 1.00. The number of rotatable bonds is 2. The number of hydrogen-bond acceptors (Lipinski definition) is 1. The summed E-state index contributed by atoms with van der Waals surface area (Å²) in [5.74, 6) is 1.42. The van der Waals surface area contributed by atoms with Gasteiger partial charge in [0, 0.05) is 0 Å². The largest absolute Gasteiger partial charge is 0.390 e. The first-order valence-corrected chi connectivity index (χ1v) is 7.48. The van der Waals surface area contributed by atoms with Crippen LogP contribution in [0.5, 0.6) is 0 Å². The summed E-state index contributed by atoms with van der Waals surface area (Å²) in [7, 11) is 0. The van der Waals surface area contributed by atoms with Crippen LogP contribution < -0.4 is 0 Å². The maximum absolute atomic E-state index is 11.0. The highest BCUT2D eigenvalue weighted by atomic mass is 16.3. The van der Waals surface area contributed by atoms with Crippen molar-refractivity contribution in [2.75, 3.05) is 0 Å². The van der Waals surface area contributed by atoms with E-state index in [4.69, 9.17) is 0 Å². The molecule has 0 aromatic carbocycles. The average molecular weight is 224 g/mol. The van der Waals surface area contributed by atoms with Gasteiger partial charge < -0.3 is 5.11 Å². The molecule has 2 aliphatic carbocycles. The second-order valence-electron chi connectivity index (χ2n) is 6.08. The molecule has 2 saturated carbocycles. The van der Waals surface area contributed by atoms with Crippen molar-refractivity contribution in [2.24, 2.45) is 11.8 Å². The van der Waals surface area contributed by atoms with E-state index < -0.39 is 0 Å². The van der Waals surface area contributed by atoms with Crippen LogP contribution in [0.25, 0.3) is 0 Å². The van der Waals surface area contributed by atoms with Gasteiger partial charge in [-0.3, -0.25) is 0 Å². The van der Waals surface area contributed by atoms with E-state index in [2.05, 4.69) is 6.92 Å². The minimum Gasteiger partial charge on any atom is -0.390 e. The molecule has 0 aliphatic heterocycles. The van der Waals surface area contributed by atoms with E-state index in [1.54, 1.807) is 0 Å². The van der Waals surface area contributed by atoms with Crippen molar-refractivity contribution in [3.63, 3.8) is 0 Å². The Morgan fingerprint density at radius 2 is 1.56 bits per heavy atom. The lowest BCUT2D eigenvalue weighted by molar-refractivity contribution is -0.0690. The molecule has 0 bridgehead atoms. The second-order valence-corrected chi connectivity index (χ2v) is 6.08. The Labute approximate surface area is 101 Å². The molecule has 94 valence electrons. The van der Waals surface area contributed by atoms with Gasteiger partial charge >= 0.3 is 0 Å². The molecule has 2 fully saturated rings. The van der Waals surface area contributed by atoms with Crippen LogP contribution in [0.4, 0.5) is 0 Å². The first kappa shape index (κ1) is 12.4. The monoisotopic (exact) mass is 224 g/mol. The minimum absolute atomic E-state index is 0.294. The average Bonchev–Trinajstić information content (AvgIpc) is 2.55. The Morgan fingerprint density at radius 3 is 2.19 bits per heavy atom. The maximum Gasteiger partial charge on any atom is 0.0678 e. The molecule has 0 heterocycles. The topological polar surface area (TPSA) is 20.2 Å². The Morgan fingerprint density at radius 1 is 0.938 bits per heavy atom. The van der Waals surface area contributed by atoms with Crippen LogP contribution in [0.15, 0.2) is 0 Å². The summed E-state index contributed by atoms with van der Waals surface area (Å²) in [6.07, 6.45) is 14.0. The lowest BCUT2D eigenvalue weighted by atomic mass is 9.66. The van der Waals surface area contributed by atoms with Crippen LogP contribution in [-0.4, -0.2) is 10.7 Å². The van der Waals surface area contributed by atoms with Crippen molar-refractivity contribution in [1.29, 1.82) is 0 Å². The van der Waals surface area contributed by atoms with E-state index in [0.717, 1.165) is 18.8 Å². The summed E-state index contributed by atoms with van der Waals surface area (Å²) in [5, 5.41) is 11.0. The summed E-state index contributed by atoms with van der Waals surface area (Å²) in [6, 6.07) is 0. The Balaban J connectivity index is 2.06. The van der Waals surface area contributed by atoms with Crippen LogP contribution in [-0.2, 0) is 0 Å². The third-order valence-electron chi connectivity index (χ3n) is 5.09. The van der Waals surface area contributed by atoms with Crippen molar-refractivity contribution in [3.05, 3.63) is 0 Å². The van der Waals surface area contributed by atoms with Crippen molar-refractivity contribution in [3.8, 4) is 0 Å². The van der Waals surface area contributed by atoms with Gasteiger partial charge in [-0.25, -0.2) is 0 Å². The molecule has 2 rings (SSSR count). The second kappa shape index (κ2) is 5.53. The van der Waals surface area contributed by atoms with E-state index in [-0.39, 0.29) is 5.60 Å². The number of aliphatic hydroxyl groups is 1. The number of hydrogen-bond donors (Lipinski definition) is 1. The molecular formula is C15H28O. The highest BCUT2D eigenvalue weighted by Gasteiger charge is 2.41. The van der Waals surface area contributed by atoms with Crippen molar-refractivity contribution in [2.45, 2.75) is 83.2 Å². The SMILES string of the molecule is CCC1CCCCC1C1(O)CCCCCC1. The fourth-order valence-corrected chi connectivity index (χ4v) is 4.12. The molecule has 0 radical (unpaired) electrons. The molecule has 1 heteroatoms. The molecule has 0 amide bonds. The predicted octanol–water partition coefficient (Wildman–Crippen LogP) is 4.29. The highest BCUT2D eigenvalue weighted by molar-refractivity contribution is 4.92. The van der Waals surface area contributed by atoms with Crippen LogP contribution in [0, 0.1) is 11.8 Å². The van der Waals surface area contributed by atoms with Gasteiger partial charge in [0.2, 0.25) is 0 Å². The van der Waals surface area contributed by atoms with Gasteiger partial charge in [-0.1, -0.05) is 58.3 Å². The summed E-state index contributed by atoms with van der Waals surface area (Å²) in [5.41, 5.74) is -0.294. The van der Waals surface area contributed by atoms with Gasteiger partial charge in [-0.05, 0) is 31.1 Å². The quantitative estimate of drug-likeness (QED) is 0.694. The molecule has 1 nitrogen and oxygen atoms in total. The van der Waals surface area contributed by atoms with Crippen LogP contribution in [0.1, 0.15) is 77.6 Å². The van der Waals surface area contributed by atoms with E-state index in [0.29, 0.717) is 5.92 Å². The standard InChI is InChI=1S/C15H28O/c1-2-13-9-5-6-10-14(13)15(16)11-7-3-4-8-12-15/h13-14,16H,2-12H2,1H3. The third-order valence-corrected chi connectivity index (χ3v) is 5.09. The van der Waals surface area contributed by atoms with Crippen molar-refractivity contribution in [1.82, 2.24) is 0 Å². The molecule has 16 heavy (non-hydrogen) atoms. The Bertz CT molecular complexity index is 203. The van der Waals surface area contributed by atoms with E-state index >= 15 is 0 Å². The summed E-state index contributed by atoms with van der Waals surface area (Å²) < 4.78 is 0. The molecule has 2 aliphatic rings. The lowest BCUT2D eigenvalue weighted by Gasteiger charge is -2.43. The molecule has 0 spiro atoms. The molecule has 0 aromatic rings. The molecular weight excluding hydrogens is 196 g/mol. The van der Waals surface area contributed by atoms with E-state index in [9.17, 15) is 5.11 Å². The van der Waals surface area contributed by atoms with Gasteiger partial charge in [0.25, 0.3) is 0 Å². The summed E-state index contributed by atoms with van der Waals surface area (Å²) in [6.45, 7) is 2.31. The zero-order valence-electron chi connectivity index (χ0n) is 10.9. The maximum atomic E-state index is 11.0. The first-order chi connectivity index (χ1) is 7.76. The molecule has 2 atom stereocenters. The predicted molar refractivity (Wildman–Crippen MR) is 68.4 cm³/mol.